The van der Waals surface area contributed by atoms with Crippen molar-refractivity contribution in [1.29, 1.82) is 0 Å². The van der Waals surface area contributed by atoms with Crippen molar-refractivity contribution in [2.75, 3.05) is 27.4 Å². The van der Waals surface area contributed by atoms with E-state index in [-0.39, 0.29) is 11.6 Å². The van der Waals surface area contributed by atoms with Crippen LogP contribution in [0, 0.1) is 0 Å². The molecule has 150 valence electrons. The Bertz CT molecular complexity index is 820. The van der Waals surface area contributed by atoms with E-state index in [0.717, 1.165) is 5.56 Å². The standard InChI is InChI=1S/C21H25NO6/c1-5-27-19-12-15(10-11-18(19)26-4)21(24)28-13-20(23)22-14(2)16-8-6-7-9-17(16)25-3/h6-12,14H,5,13H2,1-4H3,(H,22,23). The molecule has 0 radical (unpaired) electrons. The minimum absolute atomic E-state index is 0.273. The highest BCUT2D eigenvalue weighted by molar-refractivity contribution is 5.92. The van der Waals surface area contributed by atoms with Gasteiger partial charge in [-0.3, -0.25) is 4.79 Å². The highest BCUT2D eigenvalue weighted by atomic mass is 16.5. The fourth-order valence-corrected chi connectivity index (χ4v) is 2.67. The molecule has 0 saturated heterocycles. The van der Waals surface area contributed by atoms with Crippen LogP contribution in [0.25, 0.3) is 0 Å². The zero-order valence-electron chi connectivity index (χ0n) is 16.5. The van der Waals surface area contributed by atoms with Crippen LogP contribution in [0.15, 0.2) is 42.5 Å². The number of carbonyl (C=O) groups is 2. The zero-order valence-corrected chi connectivity index (χ0v) is 16.5. The SMILES string of the molecule is CCOc1cc(C(=O)OCC(=O)NC(C)c2ccccc2OC)ccc1OC. The molecule has 7 heteroatoms. The minimum atomic E-state index is -0.622. The summed E-state index contributed by atoms with van der Waals surface area (Å²) in [6.07, 6.45) is 0. The van der Waals surface area contributed by atoms with Crippen molar-refractivity contribution in [3.8, 4) is 17.2 Å². The van der Waals surface area contributed by atoms with Gasteiger partial charge in [0.15, 0.2) is 18.1 Å². The summed E-state index contributed by atoms with van der Waals surface area (Å²) >= 11 is 0. The molecule has 0 heterocycles. The van der Waals surface area contributed by atoms with Crippen LogP contribution in [-0.4, -0.2) is 39.3 Å². The highest BCUT2D eigenvalue weighted by Crippen LogP contribution is 2.28. The van der Waals surface area contributed by atoms with Gasteiger partial charge in [0.2, 0.25) is 0 Å². The van der Waals surface area contributed by atoms with E-state index in [1.54, 1.807) is 19.2 Å². The third-order valence-electron chi connectivity index (χ3n) is 4.02. The normalized spacial score (nSPS) is 11.3. The molecule has 2 rings (SSSR count). The third kappa shape index (κ3) is 5.39. The first kappa shape index (κ1) is 21.1. The van der Waals surface area contributed by atoms with Gasteiger partial charge in [-0.2, -0.15) is 0 Å². The van der Waals surface area contributed by atoms with Crippen LogP contribution >= 0.6 is 0 Å². The van der Waals surface area contributed by atoms with Gasteiger partial charge >= 0.3 is 5.97 Å². The van der Waals surface area contributed by atoms with Crippen molar-refractivity contribution in [3.63, 3.8) is 0 Å². The van der Waals surface area contributed by atoms with E-state index >= 15 is 0 Å². The molecule has 0 aliphatic heterocycles. The van der Waals surface area contributed by atoms with Crippen LogP contribution in [0.3, 0.4) is 0 Å². The highest BCUT2D eigenvalue weighted by Gasteiger charge is 2.17. The maximum atomic E-state index is 12.2. The summed E-state index contributed by atoms with van der Waals surface area (Å²) in [6.45, 7) is 3.69. The fraction of sp³-hybridized carbons (Fsp3) is 0.333. The van der Waals surface area contributed by atoms with E-state index < -0.39 is 18.5 Å². The molecule has 1 unspecified atom stereocenters. The number of benzene rings is 2. The van der Waals surface area contributed by atoms with E-state index in [4.69, 9.17) is 18.9 Å². The fourth-order valence-electron chi connectivity index (χ4n) is 2.67. The number of carbonyl (C=O) groups excluding carboxylic acids is 2. The Hall–Kier alpha value is -3.22. The quantitative estimate of drug-likeness (QED) is 0.666. The number of methoxy groups -OCH3 is 2. The van der Waals surface area contributed by atoms with Crippen LogP contribution in [-0.2, 0) is 9.53 Å². The average molecular weight is 387 g/mol. The maximum Gasteiger partial charge on any atom is 0.338 e. The topological polar surface area (TPSA) is 83.1 Å². The summed E-state index contributed by atoms with van der Waals surface area (Å²) in [5.41, 5.74) is 1.11. The largest absolute Gasteiger partial charge is 0.496 e. The monoisotopic (exact) mass is 387 g/mol. The van der Waals surface area contributed by atoms with Crippen molar-refractivity contribution < 1.29 is 28.5 Å². The first-order chi connectivity index (χ1) is 13.5. The maximum absolute atomic E-state index is 12.2. The predicted octanol–water partition coefficient (Wildman–Crippen LogP) is 3.14. The van der Waals surface area contributed by atoms with Crippen LogP contribution in [0.4, 0.5) is 0 Å². The summed E-state index contributed by atoms with van der Waals surface area (Å²) in [4.78, 5) is 24.4. The molecule has 2 aromatic carbocycles. The number of hydrogen-bond acceptors (Lipinski definition) is 6. The Morgan fingerprint density at radius 2 is 1.71 bits per heavy atom. The lowest BCUT2D eigenvalue weighted by molar-refractivity contribution is -0.124. The van der Waals surface area contributed by atoms with Gasteiger partial charge in [-0.05, 0) is 38.1 Å². The zero-order chi connectivity index (χ0) is 20.5. The molecular formula is C21H25NO6. The first-order valence-corrected chi connectivity index (χ1v) is 8.90. The van der Waals surface area contributed by atoms with Crippen molar-refractivity contribution >= 4 is 11.9 Å². The molecule has 1 atom stereocenters. The van der Waals surface area contributed by atoms with Gasteiger partial charge < -0.3 is 24.3 Å². The van der Waals surface area contributed by atoms with E-state index in [1.165, 1.54) is 13.2 Å². The van der Waals surface area contributed by atoms with Crippen molar-refractivity contribution in [2.24, 2.45) is 0 Å². The lowest BCUT2D eigenvalue weighted by Crippen LogP contribution is -2.31. The summed E-state index contributed by atoms with van der Waals surface area (Å²) in [6, 6.07) is 11.8. The van der Waals surface area contributed by atoms with Gasteiger partial charge in [0, 0.05) is 5.56 Å². The first-order valence-electron chi connectivity index (χ1n) is 8.90. The molecule has 7 nitrogen and oxygen atoms in total. The predicted molar refractivity (Wildman–Crippen MR) is 104 cm³/mol. The Morgan fingerprint density at radius 1 is 1.00 bits per heavy atom. The molecular weight excluding hydrogens is 362 g/mol. The van der Waals surface area contributed by atoms with Crippen molar-refractivity contribution in [3.05, 3.63) is 53.6 Å². The molecule has 0 saturated carbocycles. The molecule has 2 aromatic rings. The molecule has 0 fully saturated rings. The molecule has 1 N–H and O–H groups in total. The molecule has 28 heavy (non-hydrogen) atoms. The van der Waals surface area contributed by atoms with Gasteiger partial charge in [-0.25, -0.2) is 4.79 Å². The van der Waals surface area contributed by atoms with E-state index in [0.29, 0.717) is 23.9 Å². The second-order valence-electron chi connectivity index (χ2n) is 5.91. The van der Waals surface area contributed by atoms with Crippen LogP contribution in [0.2, 0.25) is 0 Å². The number of rotatable bonds is 9. The lowest BCUT2D eigenvalue weighted by atomic mass is 10.1. The second-order valence-corrected chi connectivity index (χ2v) is 5.91. The molecule has 0 aromatic heterocycles. The molecule has 0 aliphatic rings. The molecule has 1 amide bonds. The summed E-state index contributed by atoms with van der Waals surface area (Å²) in [5, 5.41) is 2.79. The number of nitrogens with one attached hydrogen (secondary N) is 1. The van der Waals surface area contributed by atoms with Gasteiger partial charge in [-0.1, -0.05) is 18.2 Å². The Morgan fingerprint density at radius 3 is 2.39 bits per heavy atom. The number of hydrogen-bond donors (Lipinski definition) is 1. The van der Waals surface area contributed by atoms with E-state index in [9.17, 15) is 9.59 Å². The Kier molecular flexibility index (Phi) is 7.68. The number of para-hydroxylation sites is 1. The Balaban J connectivity index is 1.95. The second kappa shape index (κ2) is 10.2. The molecule has 0 bridgehead atoms. The Labute approximate surface area is 164 Å². The number of amides is 1. The van der Waals surface area contributed by atoms with Gasteiger partial charge in [-0.15, -0.1) is 0 Å². The van der Waals surface area contributed by atoms with Crippen LogP contribution in [0.1, 0.15) is 35.8 Å². The lowest BCUT2D eigenvalue weighted by Gasteiger charge is -2.17. The summed E-state index contributed by atoms with van der Waals surface area (Å²) < 4.78 is 21.0. The minimum Gasteiger partial charge on any atom is -0.496 e. The van der Waals surface area contributed by atoms with Gasteiger partial charge in [0.1, 0.15) is 5.75 Å². The van der Waals surface area contributed by atoms with Crippen molar-refractivity contribution in [1.82, 2.24) is 5.32 Å². The summed E-state index contributed by atoms with van der Waals surface area (Å²) in [7, 11) is 3.09. The van der Waals surface area contributed by atoms with Crippen LogP contribution < -0.4 is 19.5 Å². The average Bonchev–Trinajstić information content (AvgIpc) is 2.72. The molecule has 0 aliphatic carbocycles. The van der Waals surface area contributed by atoms with E-state index in [2.05, 4.69) is 5.32 Å². The summed E-state index contributed by atoms with van der Waals surface area (Å²) in [5.74, 6) is 0.596. The van der Waals surface area contributed by atoms with Gasteiger partial charge in [0.25, 0.3) is 5.91 Å². The van der Waals surface area contributed by atoms with Crippen LogP contribution in [0.5, 0.6) is 17.2 Å². The van der Waals surface area contributed by atoms with Crippen molar-refractivity contribution in [2.45, 2.75) is 19.9 Å². The number of ether oxygens (including phenoxy) is 4. The number of esters is 1. The van der Waals surface area contributed by atoms with Gasteiger partial charge in [0.05, 0.1) is 32.4 Å². The third-order valence-corrected chi connectivity index (χ3v) is 4.02. The molecule has 0 spiro atoms. The van der Waals surface area contributed by atoms with E-state index in [1.807, 2.05) is 38.1 Å². The smallest absolute Gasteiger partial charge is 0.338 e.